The number of likely N-dealkylation sites (tertiary alicyclic amines) is 2. The van der Waals surface area contributed by atoms with Crippen LogP contribution in [0.15, 0.2) is 60.8 Å². The molecule has 4 fully saturated rings. The highest BCUT2D eigenvalue weighted by Gasteiger charge is 2.56. The molecule has 2 saturated carbocycles. The average molecular weight is 867 g/mol. The summed E-state index contributed by atoms with van der Waals surface area (Å²) in [7, 11) is 2.62. The number of imidazole rings is 2. The van der Waals surface area contributed by atoms with Gasteiger partial charge in [-0.1, -0.05) is 70.2 Å². The number of aromatic amines is 2. The number of benzene rings is 3. The van der Waals surface area contributed by atoms with Crippen LogP contribution < -0.4 is 10.6 Å². The SMILES string of the molecule is COC(=O)N[C@H](C(=O)N1CCC[C@H]1c1nc2ccc(-c3ccc(-c4ccc(-c5cnc([C@@H]6CC7CC7N6C(=O)[C@@H](NC(=O)OC)C(C)C)[nH]5)cc4)c4c3CC3CCC43)cc2[nH]1)C(C)C. The molecule has 4 N–H and O–H groups in total. The van der Waals surface area contributed by atoms with Gasteiger partial charge in [0.1, 0.15) is 23.7 Å². The maximum atomic E-state index is 13.9. The summed E-state index contributed by atoms with van der Waals surface area (Å²) in [6.07, 6.45) is 7.66. The number of hydrogen-bond acceptors (Lipinski definition) is 8. The fourth-order valence-corrected chi connectivity index (χ4v) is 11.2. The van der Waals surface area contributed by atoms with Crippen LogP contribution >= 0.6 is 0 Å². The second kappa shape index (κ2) is 16.4. The van der Waals surface area contributed by atoms with Crippen LogP contribution in [0.25, 0.3) is 44.5 Å². The topological polar surface area (TPSA) is 175 Å². The van der Waals surface area contributed by atoms with Crippen molar-refractivity contribution in [2.75, 3.05) is 20.8 Å². The molecule has 8 atom stereocenters. The summed E-state index contributed by atoms with van der Waals surface area (Å²) in [6.45, 7) is 8.32. The van der Waals surface area contributed by atoms with Crippen LogP contribution in [0, 0.1) is 23.7 Å². The first-order chi connectivity index (χ1) is 30.9. The van der Waals surface area contributed by atoms with E-state index in [1.807, 2.05) is 43.7 Å². The van der Waals surface area contributed by atoms with E-state index in [2.05, 4.69) is 75.2 Å². The van der Waals surface area contributed by atoms with Crippen molar-refractivity contribution in [3.8, 4) is 33.5 Å². The molecule has 0 radical (unpaired) electrons. The van der Waals surface area contributed by atoms with E-state index in [-0.39, 0.29) is 41.8 Å². The van der Waals surface area contributed by atoms with Gasteiger partial charge in [-0.05, 0) is 126 Å². The van der Waals surface area contributed by atoms with Crippen molar-refractivity contribution >= 4 is 35.0 Å². The predicted molar refractivity (Wildman–Crippen MR) is 242 cm³/mol. The van der Waals surface area contributed by atoms with Crippen LogP contribution in [-0.2, 0) is 25.5 Å². The molecule has 2 aromatic heterocycles. The molecule has 5 aromatic rings. The summed E-state index contributed by atoms with van der Waals surface area (Å²) in [4.78, 5) is 72.7. The van der Waals surface area contributed by atoms with Crippen LogP contribution in [-0.4, -0.2) is 92.6 Å². The lowest BCUT2D eigenvalue weighted by Gasteiger charge is -2.32. The van der Waals surface area contributed by atoms with E-state index in [1.165, 1.54) is 54.9 Å². The maximum Gasteiger partial charge on any atom is 0.407 e. The Labute approximate surface area is 373 Å². The Hall–Kier alpha value is -6.18. The lowest BCUT2D eigenvalue weighted by molar-refractivity contribution is -0.137. The Kier molecular flexibility index (Phi) is 10.7. The number of piperidine rings is 1. The minimum atomic E-state index is -0.686. The largest absolute Gasteiger partial charge is 0.453 e. The van der Waals surface area contributed by atoms with Crippen molar-refractivity contribution in [2.24, 2.45) is 23.7 Å². The number of fused-ring (bicyclic) bond motifs is 5. The fraction of sp³-hybridized carbons (Fsp3) is 0.480. The summed E-state index contributed by atoms with van der Waals surface area (Å²) in [5, 5.41) is 5.50. The molecule has 3 aromatic carbocycles. The van der Waals surface area contributed by atoms with Crippen LogP contribution in [0.5, 0.6) is 0 Å². The predicted octanol–water partition coefficient (Wildman–Crippen LogP) is 8.42. The Balaban J connectivity index is 0.887. The molecule has 14 heteroatoms. The van der Waals surface area contributed by atoms with E-state index < -0.39 is 24.3 Å². The van der Waals surface area contributed by atoms with Crippen molar-refractivity contribution in [2.45, 2.75) is 109 Å². The minimum Gasteiger partial charge on any atom is -0.453 e. The highest BCUT2D eigenvalue weighted by Crippen LogP contribution is 2.56. The number of hydrogen-bond donors (Lipinski definition) is 4. The maximum absolute atomic E-state index is 13.9. The zero-order chi connectivity index (χ0) is 44.6. The van der Waals surface area contributed by atoms with Gasteiger partial charge in [0.05, 0.1) is 49.2 Å². The average Bonchev–Trinajstić information content (AvgIpc) is 3.87. The number of nitrogens with one attached hydrogen (secondary N) is 4. The smallest absolute Gasteiger partial charge is 0.407 e. The Morgan fingerprint density at radius 2 is 1.42 bits per heavy atom. The van der Waals surface area contributed by atoms with Crippen LogP contribution in [0.2, 0.25) is 0 Å². The third-order valence-electron chi connectivity index (χ3n) is 14.8. The molecule has 10 rings (SSSR count). The Bertz CT molecular complexity index is 2630. The summed E-state index contributed by atoms with van der Waals surface area (Å²) in [6, 6.07) is 18.2. The molecule has 0 spiro atoms. The number of nitrogens with zero attached hydrogens (tertiary/aromatic N) is 4. The van der Waals surface area contributed by atoms with Crippen molar-refractivity contribution in [3.63, 3.8) is 0 Å². The molecule has 5 aliphatic rings. The summed E-state index contributed by atoms with van der Waals surface area (Å²) in [5.41, 5.74) is 11.5. The molecule has 14 nitrogen and oxygen atoms in total. The van der Waals surface area contributed by atoms with Crippen molar-refractivity contribution in [3.05, 3.63) is 83.6 Å². The van der Waals surface area contributed by atoms with Crippen molar-refractivity contribution < 1.29 is 28.7 Å². The number of aromatic nitrogens is 4. The number of H-pyrrole nitrogens is 2. The molecular weight excluding hydrogens is 809 g/mol. The second-order valence-corrected chi connectivity index (χ2v) is 19.3. The number of alkyl carbamates (subject to hydrolysis) is 2. The van der Waals surface area contributed by atoms with E-state index in [1.54, 1.807) is 0 Å². The lowest BCUT2D eigenvalue weighted by atomic mass is 9.73. The summed E-state index contributed by atoms with van der Waals surface area (Å²) in [5.74, 6) is 2.80. The van der Waals surface area contributed by atoms with Gasteiger partial charge in [0.2, 0.25) is 11.8 Å². The number of carbonyl (C=O) groups is 4. The van der Waals surface area contributed by atoms with E-state index in [9.17, 15) is 19.2 Å². The summed E-state index contributed by atoms with van der Waals surface area (Å²) < 4.78 is 9.65. The molecular formula is C50H58N8O6. The number of rotatable bonds is 11. The van der Waals surface area contributed by atoms with Gasteiger partial charge in [-0.3, -0.25) is 9.59 Å². The number of methoxy groups -OCH3 is 2. The first-order valence-corrected chi connectivity index (χ1v) is 23.1. The molecule has 4 amide bonds. The Morgan fingerprint density at radius 3 is 2.11 bits per heavy atom. The fourth-order valence-electron chi connectivity index (χ4n) is 11.2. The molecule has 2 aliphatic heterocycles. The lowest BCUT2D eigenvalue weighted by Crippen LogP contribution is -2.52. The third kappa shape index (κ3) is 7.28. The van der Waals surface area contributed by atoms with Gasteiger partial charge in [0.25, 0.3) is 0 Å². The van der Waals surface area contributed by atoms with E-state index in [4.69, 9.17) is 19.4 Å². The summed E-state index contributed by atoms with van der Waals surface area (Å²) >= 11 is 0. The van der Waals surface area contributed by atoms with Crippen LogP contribution in [0.3, 0.4) is 0 Å². The van der Waals surface area contributed by atoms with E-state index in [0.717, 1.165) is 71.6 Å². The van der Waals surface area contributed by atoms with Crippen LogP contribution in [0.1, 0.15) is 107 Å². The van der Waals surface area contributed by atoms with Crippen molar-refractivity contribution in [1.82, 2.24) is 40.4 Å². The van der Waals surface area contributed by atoms with Gasteiger partial charge in [-0.15, -0.1) is 0 Å². The van der Waals surface area contributed by atoms with E-state index in [0.29, 0.717) is 24.3 Å². The van der Waals surface area contributed by atoms with Crippen molar-refractivity contribution in [1.29, 1.82) is 0 Å². The first kappa shape index (κ1) is 41.8. The zero-order valence-electron chi connectivity index (χ0n) is 37.4. The van der Waals surface area contributed by atoms with E-state index >= 15 is 0 Å². The molecule has 3 aliphatic carbocycles. The second-order valence-electron chi connectivity index (χ2n) is 19.3. The third-order valence-corrected chi connectivity index (χ3v) is 14.8. The van der Waals surface area contributed by atoms with Gasteiger partial charge < -0.3 is 39.9 Å². The Morgan fingerprint density at radius 1 is 0.734 bits per heavy atom. The monoisotopic (exact) mass is 866 g/mol. The van der Waals surface area contributed by atoms with Gasteiger partial charge in [0, 0.05) is 12.6 Å². The van der Waals surface area contributed by atoms with Crippen LogP contribution in [0.4, 0.5) is 9.59 Å². The normalized spacial score (nSPS) is 23.9. The molecule has 4 heterocycles. The molecule has 2 saturated heterocycles. The molecule has 4 unspecified atom stereocenters. The molecule has 334 valence electrons. The number of amides is 4. The molecule has 0 bridgehead atoms. The minimum absolute atomic E-state index is 0.0881. The highest BCUT2D eigenvalue weighted by atomic mass is 16.5. The molecule has 64 heavy (non-hydrogen) atoms. The quantitative estimate of drug-likeness (QED) is 0.102. The highest BCUT2D eigenvalue weighted by molar-refractivity contribution is 5.89. The van der Waals surface area contributed by atoms with Gasteiger partial charge in [-0.2, -0.15) is 0 Å². The first-order valence-electron chi connectivity index (χ1n) is 23.1. The zero-order valence-corrected chi connectivity index (χ0v) is 37.4. The number of carbonyl (C=O) groups excluding carboxylic acids is 4. The van der Waals surface area contributed by atoms with Gasteiger partial charge in [0.15, 0.2) is 0 Å². The number of ether oxygens (including phenoxy) is 2. The standard InChI is InChI=1S/C50H58N8O6/c1-25(2)43(55-49(61)63-5)47(59)57-19-7-8-39(57)46-52-36-18-14-30(21-37(36)53-46)32-16-17-33(42-34-15-13-29(34)20-35(32)42)27-9-11-28(12-10-27)38-24-51-45(54-38)41-23-31-22-40(31)58(41)48(60)44(26(3)4)56-50(62)64-6/h9-12,14,16-18,21,24-26,29,31,34,39-41,43-44H,7-8,13,15,19-20,22-23H2,1-6H3,(H,51,54)(H,52,53)(H,55,61)(H,56,62)/t29?,31?,34?,39-,40?,41-,43-,44-/m0/s1. The van der Waals surface area contributed by atoms with Gasteiger partial charge >= 0.3 is 12.2 Å². The van der Waals surface area contributed by atoms with Gasteiger partial charge in [-0.25, -0.2) is 19.6 Å².